The number of rotatable bonds is 5. The second kappa shape index (κ2) is 8.66. The summed E-state index contributed by atoms with van der Waals surface area (Å²) in [7, 11) is 0. The smallest absolute Gasteiger partial charge is 0.104 e. The number of nitrogens with two attached hydrogens (primary N) is 2. The summed E-state index contributed by atoms with van der Waals surface area (Å²) in [4.78, 5) is 0.797. The first-order chi connectivity index (χ1) is 13.5. The molecule has 0 bridgehead atoms. The number of nitrogen functional groups attached to an aromatic ring is 1. The van der Waals surface area contributed by atoms with E-state index in [0.717, 1.165) is 21.6 Å². The van der Waals surface area contributed by atoms with Crippen molar-refractivity contribution in [2.75, 3.05) is 5.73 Å². The van der Waals surface area contributed by atoms with Crippen molar-refractivity contribution >= 4 is 23.0 Å². The van der Waals surface area contributed by atoms with E-state index in [2.05, 4.69) is 6.07 Å². The maximum Gasteiger partial charge on any atom is 0.104 e. The van der Waals surface area contributed by atoms with Gasteiger partial charge in [-0.2, -0.15) is 5.26 Å². The molecule has 0 heterocycles. The first kappa shape index (κ1) is 19.6. The fourth-order valence-electron chi connectivity index (χ4n) is 3.03. The molecule has 0 spiro atoms. The number of para-hydroxylation sites is 1. The number of hydrogen-bond donors (Lipinski definition) is 3. The molecule has 4 nitrogen and oxygen atoms in total. The first-order valence-corrected chi connectivity index (χ1v) is 9.59. The number of hydrogen-bond acceptors (Lipinski definition) is 5. The predicted octanol–water partition coefficient (Wildman–Crippen LogP) is 4.60. The van der Waals surface area contributed by atoms with Crippen LogP contribution in [0.1, 0.15) is 28.4 Å². The average molecular weight is 388 g/mol. The van der Waals surface area contributed by atoms with E-state index in [4.69, 9.17) is 11.5 Å². The van der Waals surface area contributed by atoms with Gasteiger partial charge in [-0.1, -0.05) is 72.4 Å². The zero-order chi connectivity index (χ0) is 20.1. The van der Waals surface area contributed by atoms with Crippen molar-refractivity contribution in [2.24, 2.45) is 5.73 Å². The molecule has 0 aliphatic heterocycles. The number of aliphatic hydroxyl groups excluding tert-OH is 1. The highest BCUT2D eigenvalue weighted by Gasteiger charge is 2.18. The van der Waals surface area contributed by atoms with Crippen LogP contribution >= 0.6 is 11.8 Å². The summed E-state index contributed by atoms with van der Waals surface area (Å²) >= 11 is 1.26. The van der Waals surface area contributed by atoms with E-state index >= 15 is 0 Å². The SMILES string of the molecule is Cc1c(/C(C#N)=C(/N)Sc2ccccc2N)cccc1C(O)c1ccccc1. The lowest BCUT2D eigenvalue weighted by atomic mass is 9.92. The Morgan fingerprint density at radius 1 is 1.00 bits per heavy atom. The van der Waals surface area contributed by atoms with Crippen LogP contribution < -0.4 is 11.5 Å². The Morgan fingerprint density at radius 2 is 1.68 bits per heavy atom. The Morgan fingerprint density at radius 3 is 2.36 bits per heavy atom. The third-order valence-electron chi connectivity index (χ3n) is 4.55. The quantitative estimate of drug-likeness (QED) is 0.338. The fraction of sp³-hybridized carbons (Fsp3) is 0.0870. The molecule has 0 saturated heterocycles. The Labute approximate surface area is 169 Å². The average Bonchev–Trinajstić information content (AvgIpc) is 2.71. The lowest BCUT2D eigenvalue weighted by Gasteiger charge is -2.17. The van der Waals surface area contributed by atoms with Gasteiger partial charge in [0.25, 0.3) is 0 Å². The van der Waals surface area contributed by atoms with Gasteiger partial charge in [0.1, 0.15) is 12.2 Å². The molecule has 3 aromatic rings. The number of thioether (sulfide) groups is 1. The first-order valence-electron chi connectivity index (χ1n) is 8.78. The van der Waals surface area contributed by atoms with Gasteiger partial charge < -0.3 is 16.6 Å². The molecule has 5 heteroatoms. The molecule has 28 heavy (non-hydrogen) atoms. The van der Waals surface area contributed by atoms with E-state index in [0.29, 0.717) is 21.9 Å². The Balaban J connectivity index is 2.02. The van der Waals surface area contributed by atoms with E-state index in [1.54, 1.807) is 6.07 Å². The number of nitriles is 1. The number of anilines is 1. The minimum atomic E-state index is -0.778. The van der Waals surface area contributed by atoms with Crippen LogP contribution in [0.25, 0.3) is 5.57 Å². The van der Waals surface area contributed by atoms with E-state index in [9.17, 15) is 10.4 Å². The molecule has 0 radical (unpaired) electrons. The van der Waals surface area contributed by atoms with Gasteiger partial charge in [0, 0.05) is 10.6 Å². The summed E-state index contributed by atoms with van der Waals surface area (Å²) in [6.45, 7) is 1.89. The molecular weight excluding hydrogens is 366 g/mol. The van der Waals surface area contributed by atoms with Crippen LogP contribution in [0, 0.1) is 18.3 Å². The minimum absolute atomic E-state index is 0.368. The summed E-state index contributed by atoms with van der Waals surface area (Å²) < 4.78 is 0. The van der Waals surface area contributed by atoms with Crippen molar-refractivity contribution in [1.82, 2.24) is 0 Å². The van der Waals surface area contributed by atoms with Crippen LogP contribution in [0.4, 0.5) is 5.69 Å². The van der Waals surface area contributed by atoms with Crippen LogP contribution in [0.2, 0.25) is 0 Å². The van der Waals surface area contributed by atoms with Crippen LogP contribution in [0.15, 0.2) is 82.7 Å². The van der Waals surface area contributed by atoms with Gasteiger partial charge in [0.05, 0.1) is 10.6 Å². The van der Waals surface area contributed by atoms with Gasteiger partial charge in [-0.15, -0.1) is 0 Å². The minimum Gasteiger partial charge on any atom is -0.398 e. The van der Waals surface area contributed by atoms with Crippen LogP contribution in [0.5, 0.6) is 0 Å². The predicted molar refractivity (Wildman–Crippen MR) is 115 cm³/mol. The van der Waals surface area contributed by atoms with E-state index in [-0.39, 0.29) is 0 Å². The maximum atomic E-state index is 10.8. The molecule has 0 amide bonds. The summed E-state index contributed by atoms with van der Waals surface area (Å²) in [5.74, 6) is 0. The zero-order valence-corrected chi connectivity index (χ0v) is 16.3. The molecule has 1 unspecified atom stereocenters. The van der Waals surface area contributed by atoms with Gasteiger partial charge >= 0.3 is 0 Å². The molecule has 0 saturated carbocycles. The number of aliphatic hydroxyl groups is 1. The standard InChI is InChI=1S/C23H21N3OS/c1-15-17(10-7-11-18(15)22(27)16-8-3-2-4-9-16)19(14-24)23(26)28-21-13-6-5-12-20(21)25/h2-13,22,27H,25-26H2,1H3/b23-19-. The van der Waals surface area contributed by atoms with Crippen LogP contribution in [-0.2, 0) is 0 Å². The molecule has 3 rings (SSSR count). The Bertz CT molecular complexity index is 1050. The molecule has 140 valence electrons. The van der Waals surface area contributed by atoms with Gasteiger partial charge in [-0.3, -0.25) is 0 Å². The third-order valence-corrected chi connectivity index (χ3v) is 5.57. The summed E-state index contributed by atoms with van der Waals surface area (Å²) in [6, 6.07) is 24.6. The summed E-state index contributed by atoms with van der Waals surface area (Å²) in [5, 5.41) is 21.0. The lowest BCUT2D eigenvalue weighted by molar-refractivity contribution is 0.219. The van der Waals surface area contributed by atoms with Crippen molar-refractivity contribution < 1.29 is 5.11 Å². The molecule has 0 aliphatic rings. The second-order valence-electron chi connectivity index (χ2n) is 6.32. The van der Waals surface area contributed by atoms with Crippen molar-refractivity contribution in [3.05, 3.63) is 100 Å². The second-order valence-corrected chi connectivity index (χ2v) is 7.41. The highest BCUT2D eigenvalue weighted by molar-refractivity contribution is 8.03. The fourth-order valence-corrected chi connectivity index (χ4v) is 3.85. The molecule has 5 N–H and O–H groups in total. The number of allylic oxidation sites excluding steroid dienone is 1. The molecule has 0 fully saturated rings. The normalized spacial score (nSPS) is 12.8. The van der Waals surface area contributed by atoms with E-state index in [1.807, 2.05) is 73.7 Å². The Hall–Kier alpha value is -3.20. The number of benzene rings is 3. The van der Waals surface area contributed by atoms with E-state index in [1.165, 1.54) is 11.8 Å². The van der Waals surface area contributed by atoms with Crippen molar-refractivity contribution in [3.63, 3.8) is 0 Å². The van der Waals surface area contributed by atoms with Crippen molar-refractivity contribution in [1.29, 1.82) is 5.26 Å². The monoisotopic (exact) mass is 387 g/mol. The number of nitrogens with zero attached hydrogens (tertiary/aromatic N) is 1. The van der Waals surface area contributed by atoms with Gasteiger partial charge in [0.15, 0.2) is 0 Å². The van der Waals surface area contributed by atoms with Crippen molar-refractivity contribution in [2.45, 2.75) is 17.9 Å². The molecule has 0 aliphatic carbocycles. The zero-order valence-electron chi connectivity index (χ0n) is 15.5. The van der Waals surface area contributed by atoms with Gasteiger partial charge in [0.2, 0.25) is 0 Å². The largest absolute Gasteiger partial charge is 0.398 e. The van der Waals surface area contributed by atoms with Gasteiger partial charge in [-0.25, -0.2) is 0 Å². The highest BCUT2D eigenvalue weighted by atomic mass is 32.2. The molecule has 3 aromatic carbocycles. The Kier molecular flexibility index (Phi) is 6.05. The molecule has 1 atom stereocenters. The topological polar surface area (TPSA) is 96.1 Å². The summed E-state index contributed by atoms with van der Waals surface area (Å²) in [6.07, 6.45) is -0.778. The lowest BCUT2D eigenvalue weighted by Crippen LogP contribution is -2.05. The molecule has 0 aromatic heterocycles. The van der Waals surface area contributed by atoms with Crippen molar-refractivity contribution in [3.8, 4) is 6.07 Å². The third kappa shape index (κ3) is 4.04. The highest BCUT2D eigenvalue weighted by Crippen LogP contribution is 2.35. The van der Waals surface area contributed by atoms with Crippen LogP contribution in [0.3, 0.4) is 0 Å². The summed E-state index contributed by atoms with van der Waals surface area (Å²) in [5.41, 5.74) is 16.3. The van der Waals surface area contributed by atoms with Crippen LogP contribution in [-0.4, -0.2) is 5.11 Å². The van der Waals surface area contributed by atoms with Gasteiger partial charge in [-0.05, 0) is 41.3 Å². The van der Waals surface area contributed by atoms with E-state index < -0.39 is 6.10 Å². The maximum absolute atomic E-state index is 10.8. The molecular formula is C23H21N3OS.